The molecule has 4 nitrogen and oxygen atoms in total. The van der Waals surface area contributed by atoms with E-state index in [2.05, 4.69) is 5.32 Å². The number of hydrogen-bond acceptors (Lipinski definition) is 3. The van der Waals surface area contributed by atoms with Gasteiger partial charge in [0, 0.05) is 24.7 Å². The van der Waals surface area contributed by atoms with Gasteiger partial charge in [-0.25, -0.2) is 4.39 Å². The summed E-state index contributed by atoms with van der Waals surface area (Å²) < 4.78 is 13.9. The van der Waals surface area contributed by atoms with Crippen LogP contribution < -0.4 is 5.32 Å². The Hall–Kier alpha value is -1.93. The quantitative estimate of drug-likeness (QED) is 0.839. The van der Waals surface area contributed by atoms with Gasteiger partial charge < -0.3 is 10.2 Å². The van der Waals surface area contributed by atoms with E-state index < -0.39 is 5.82 Å². The van der Waals surface area contributed by atoms with Crippen LogP contribution in [0.1, 0.15) is 38.3 Å². The maximum atomic E-state index is 13.9. The molecule has 1 aromatic carbocycles. The van der Waals surface area contributed by atoms with E-state index in [0.717, 1.165) is 6.42 Å². The molecule has 1 aromatic rings. The van der Waals surface area contributed by atoms with Crippen LogP contribution >= 0.6 is 0 Å². The standard InChI is InChI=1S/C16H22FN3O/c1-4-12(3)19-10-16(21)20(5-2)11-14-7-6-13(9-18)8-15(14)17/h6-8,12,19H,4-5,10-11H2,1-3H3. The number of carbonyl (C=O) groups excluding carboxylic acids is 1. The number of nitriles is 1. The molecule has 1 rings (SSSR count). The molecule has 0 saturated heterocycles. The van der Waals surface area contributed by atoms with Gasteiger partial charge in [0.25, 0.3) is 0 Å². The molecule has 0 aliphatic rings. The summed E-state index contributed by atoms with van der Waals surface area (Å²) in [5.74, 6) is -0.503. The van der Waals surface area contributed by atoms with Crippen molar-refractivity contribution < 1.29 is 9.18 Å². The molecule has 0 saturated carbocycles. The second kappa shape index (κ2) is 8.38. The van der Waals surface area contributed by atoms with Gasteiger partial charge in [-0.05, 0) is 32.4 Å². The van der Waals surface area contributed by atoms with Gasteiger partial charge in [0.2, 0.25) is 5.91 Å². The average molecular weight is 291 g/mol. The lowest BCUT2D eigenvalue weighted by Crippen LogP contribution is -2.40. The van der Waals surface area contributed by atoms with Gasteiger partial charge in [-0.1, -0.05) is 13.0 Å². The molecule has 0 bridgehead atoms. The third kappa shape index (κ3) is 5.16. The van der Waals surface area contributed by atoms with Crippen molar-refractivity contribution in [1.82, 2.24) is 10.2 Å². The summed E-state index contributed by atoms with van der Waals surface area (Å²) in [7, 11) is 0. The molecule has 1 unspecified atom stereocenters. The number of benzene rings is 1. The van der Waals surface area contributed by atoms with E-state index in [1.807, 2.05) is 26.8 Å². The first-order chi connectivity index (χ1) is 10.0. The van der Waals surface area contributed by atoms with E-state index >= 15 is 0 Å². The minimum atomic E-state index is -0.449. The maximum absolute atomic E-state index is 13.9. The van der Waals surface area contributed by atoms with Gasteiger partial charge >= 0.3 is 0 Å². The second-order valence-corrected chi connectivity index (χ2v) is 5.02. The Morgan fingerprint density at radius 1 is 1.48 bits per heavy atom. The van der Waals surface area contributed by atoms with Crippen LogP contribution in [0.2, 0.25) is 0 Å². The lowest BCUT2D eigenvalue weighted by molar-refractivity contribution is -0.130. The minimum Gasteiger partial charge on any atom is -0.337 e. The largest absolute Gasteiger partial charge is 0.337 e. The molecule has 0 aliphatic heterocycles. The highest BCUT2D eigenvalue weighted by Crippen LogP contribution is 2.12. The van der Waals surface area contributed by atoms with Gasteiger partial charge in [-0.3, -0.25) is 4.79 Å². The summed E-state index contributed by atoms with van der Waals surface area (Å²) in [5.41, 5.74) is 0.705. The van der Waals surface area contributed by atoms with Gasteiger partial charge in [-0.2, -0.15) is 5.26 Å². The summed E-state index contributed by atoms with van der Waals surface area (Å²) in [6.07, 6.45) is 0.948. The molecule has 114 valence electrons. The van der Waals surface area contributed by atoms with E-state index in [1.54, 1.807) is 17.0 Å². The van der Waals surface area contributed by atoms with Crippen molar-refractivity contribution in [3.8, 4) is 6.07 Å². The number of nitrogens with one attached hydrogen (secondary N) is 1. The summed E-state index contributed by atoms with van der Waals surface area (Å²) in [5, 5.41) is 11.9. The van der Waals surface area contributed by atoms with Crippen molar-refractivity contribution in [3.63, 3.8) is 0 Å². The summed E-state index contributed by atoms with van der Waals surface area (Å²) >= 11 is 0. The number of amides is 1. The predicted octanol–water partition coefficient (Wildman–Crippen LogP) is 2.43. The zero-order valence-corrected chi connectivity index (χ0v) is 12.8. The molecule has 0 fully saturated rings. The van der Waals surface area contributed by atoms with E-state index in [0.29, 0.717) is 12.1 Å². The molecule has 1 amide bonds. The number of likely N-dealkylation sites (N-methyl/N-ethyl adjacent to an activating group) is 1. The number of nitrogens with zero attached hydrogens (tertiary/aromatic N) is 2. The molecule has 0 radical (unpaired) electrons. The monoisotopic (exact) mass is 291 g/mol. The van der Waals surface area contributed by atoms with E-state index in [4.69, 9.17) is 5.26 Å². The van der Waals surface area contributed by atoms with Crippen molar-refractivity contribution in [2.75, 3.05) is 13.1 Å². The number of carbonyl (C=O) groups is 1. The Bertz CT molecular complexity index is 525. The van der Waals surface area contributed by atoms with Crippen LogP contribution in [0.4, 0.5) is 4.39 Å². The highest BCUT2D eigenvalue weighted by molar-refractivity contribution is 5.78. The highest BCUT2D eigenvalue weighted by atomic mass is 19.1. The zero-order valence-electron chi connectivity index (χ0n) is 12.8. The van der Waals surface area contributed by atoms with Crippen LogP contribution in [0.5, 0.6) is 0 Å². The Balaban J connectivity index is 2.69. The molecule has 1 N–H and O–H groups in total. The first kappa shape index (κ1) is 17.1. The van der Waals surface area contributed by atoms with E-state index in [9.17, 15) is 9.18 Å². The van der Waals surface area contributed by atoms with Crippen molar-refractivity contribution in [2.24, 2.45) is 0 Å². The van der Waals surface area contributed by atoms with Gasteiger partial charge in [0.05, 0.1) is 18.2 Å². The van der Waals surface area contributed by atoms with E-state index in [1.165, 1.54) is 6.07 Å². The molecule has 21 heavy (non-hydrogen) atoms. The molecular weight excluding hydrogens is 269 g/mol. The van der Waals surface area contributed by atoms with Crippen LogP contribution in [0.3, 0.4) is 0 Å². The van der Waals surface area contributed by atoms with Crippen LogP contribution in [-0.4, -0.2) is 29.9 Å². The fourth-order valence-electron chi connectivity index (χ4n) is 1.84. The summed E-state index contributed by atoms with van der Waals surface area (Å²) in [6, 6.07) is 6.50. The third-order valence-electron chi connectivity index (χ3n) is 3.49. The van der Waals surface area contributed by atoms with Gasteiger partial charge in [0.15, 0.2) is 0 Å². The lowest BCUT2D eigenvalue weighted by Gasteiger charge is -2.22. The topological polar surface area (TPSA) is 56.1 Å². The smallest absolute Gasteiger partial charge is 0.236 e. The first-order valence-electron chi connectivity index (χ1n) is 7.21. The number of halogens is 1. The van der Waals surface area contributed by atoms with Crippen LogP contribution in [-0.2, 0) is 11.3 Å². The maximum Gasteiger partial charge on any atom is 0.236 e. The van der Waals surface area contributed by atoms with Crippen LogP contribution in [0, 0.1) is 17.1 Å². The Labute approximate surface area is 125 Å². The third-order valence-corrected chi connectivity index (χ3v) is 3.49. The molecule has 0 aromatic heterocycles. The van der Waals surface area contributed by atoms with Crippen molar-refractivity contribution in [2.45, 2.75) is 39.8 Å². The minimum absolute atomic E-state index is 0.0541. The normalized spacial score (nSPS) is 11.8. The van der Waals surface area contributed by atoms with Gasteiger partial charge in [0.1, 0.15) is 5.82 Å². The fraction of sp³-hybridized carbons (Fsp3) is 0.500. The summed E-state index contributed by atoms with van der Waals surface area (Å²) in [6.45, 7) is 6.91. The van der Waals surface area contributed by atoms with Crippen LogP contribution in [0.15, 0.2) is 18.2 Å². The summed E-state index contributed by atoms with van der Waals surface area (Å²) in [4.78, 5) is 13.7. The van der Waals surface area contributed by atoms with Crippen molar-refractivity contribution in [3.05, 3.63) is 35.1 Å². The molecule has 5 heteroatoms. The molecule has 1 atom stereocenters. The lowest BCUT2D eigenvalue weighted by atomic mass is 10.1. The van der Waals surface area contributed by atoms with Gasteiger partial charge in [-0.15, -0.1) is 0 Å². The number of rotatable bonds is 7. The Kier molecular flexibility index (Phi) is 6.83. The molecule has 0 heterocycles. The predicted molar refractivity (Wildman–Crippen MR) is 80.0 cm³/mol. The molecular formula is C16H22FN3O. The fourth-order valence-corrected chi connectivity index (χ4v) is 1.84. The van der Waals surface area contributed by atoms with Crippen LogP contribution in [0.25, 0.3) is 0 Å². The van der Waals surface area contributed by atoms with Crippen molar-refractivity contribution in [1.29, 1.82) is 5.26 Å². The van der Waals surface area contributed by atoms with E-state index in [-0.39, 0.29) is 30.6 Å². The van der Waals surface area contributed by atoms with Crippen molar-refractivity contribution >= 4 is 5.91 Å². The number of hydrogen-bond donors (Lipinski definition) is 1. The Morgan fingerprint density at radius 2 is 2.19 bits per heavy atom. The second-order valence-electron chi connectivity index (χ2n) is 5.02. The average Bonchev–Trinajstić information content (AvgIpc) is 2.50. The Morgan fingerprint density at radius 3 is 2.71 bits per heavy atom. The SMILES string of the molecule is CCC(C)NCC(=O)N(CC)Cc1ccc(C#N)cc1F. The highest BCUT2D eigenvalue weighted by Gasteiger charge is 2.15. The molecule has 0 aliphatic carbocycles. The molecule has 0 spiro atoms. The zero-order chi connectivity index (χ0) is 15.8. The first-order valence-corrected chi connectivity index (χ1v) is 7.21.